The van der Waals surface area contributed by atoms with Gasteiger partial charge in [0.05, 0.1) is 17.3 Å². The number of aromatic nitrogens is 2. The number of nitrogens with two attached hydrogens (primary N) is 1. The van der Waals surface area contributed by atoms with Gasteiger partial charge < -0.3 is 10.6 Å². The minimum absolute atomic E-state index is 0.0241. The molecule has 0 spiro atoms. The maximum absolute atomic E-state index is 12.4. The first-order valence-corrected chi connectivity index (χ1v) is 6.14. The number of nitrogens with zero attached hydrogens (tertiary/aromatic N) is 3. The number of hydrogen-bond acceptors (Lipinski definition) is 3. The fourth-order valence-corrected chi connectivity index (χ4v) is 2.43. The molecule has 1 aliphatic heterocycles. The molecule has 2 atom stereocenters. The molecule has 5 nitrogen and oxygen atoms in total. The van der Waals surface area contributed by atoms with E-state index in [4.69, 9.17) is 5.73 Å². The largest absolute Gasteiger partial charge is 0.337 e. The van der Waals surface area contributed by atoms with Gasteiger partial charge in [0, 0.05) is 25.3 Å². The van der Waals surface area contributed by atoms with E-state index < -0.39 is 0 Å². The fraction of sp³-hybridized carbons (Fsp3) is 0.385. The molecule has 0 bridgehead atoms. The van der Waals surface area contributed by atoms with Gasteiger partial charge in [0.1, 0.15) is 0 Å². The predicted octanol–water partition coefficient (Wildman–Crippen LogP) is 0.754. The minimum Gasteiger partial charge on any atom is -0.337 e. The summed E-state index contributed by atoms with van der Waals surface area (Å²) < 4.78 is 1.71. The van der Waals surface area contributed by atoms with Gasteiger partial charge in [-0.05, 0) is 18.1 Å². The molecule has 0 radical (unpaired) electrons. The summed E-state index contributed by atoms with van der Waals surface area (Å²) in [6.07, 6.45) is 3.47. The third-order valence-corrected chi connectivity index (χ3v) is 3.61. The lowest BCUT2D eigenvalue weighted by molar-refractivity contribution is 0.0788. The summed E-state index contributed by atoms with van der Waals surface area (Å²) in [4.78, 5) is 14.2. The van der Waals surface area contributed by atoms with Gasteiger partial charge in [-0.3, -0.25) is 4.79 Å². The molecular formula is C13H16N4O. The molecule has 0 saturated carbocycles. The second-order valence-electron chi connectivity index (χ2n) is 4.94. The fourth-order valence-electron chi connectivity index (χ4n) is 2.43. The topological polar surface area (TPSA) is 63.6 Å². The predicted molar refractivity (Wildman–Crippen MR) is 68.2 cm³/mol. The van der Waals surface area contributed by atoms with Crippen LogP contribution in [0.3, 0.4) is 0 Å². The lowest BCUT2D eigenvalue weighted by atomic mass is 10.1. The maximum Gasteiger partial charge on any atom is 0.257 e. The number of pyridine rings is 1. The standard InChI is InChI=1S/C13H16N4O/c1-9-7-16(8-11(9)14)13(18)10-6-15-17-5-3-2-4-12(10)17/h2-6,9,11H,7-8,14H2,1H3. The van der Waals surface area contributed by atoms with Gasteiger partial charge in [0.15, 0.2) is 0 Å². The van der Waals surface area contributed by atoms with Crippen LogP contribution in [0.5, 0.6) is 0 Å². The first-order chi connectivity index (χ1) is 8.66. The highest BCUT2D eigenvalue weighted by molar-refractivity contribution is 6.00. The maximum atomic E-state index is 12.4. The number of amides is 1. The van der Waals surface area contributed by atoms with E-state index in [-0.39, 0.29) is 11.9 Å². The highest BCUT2D eigenvalue weighted by Crippen LogP contribution is 2.19. The Morgan fingerprint density at radius 2 is 2.28 bits per heavy atom. The SMILES string of the molecule is CC1CN(C(=O)c2cnn3ccccc23)CC1N. The van der Waals surface area contributed by atoms with Crippen molar-refractivity contribution in [3.05, 3.63) is 36.2 Å². The first kappa shape index (κ1) is 11.2. The Morgan fingerprint density at radius 1 is 1.44 bits per heavy atom. The lowest BCUT2D eigenvalue weighted by Gasteiger charge is -2.14. The van der Waals surface area contributed by atoms with Crippen LogP contribution in [-0.2, 0) is 0 Å². The number of carbonyl (C=O) groups excluding carboxylic acids is 1. The lowest BCUT2D eigenvalue weighted by Crippen LogP contribution is -2.32. The Morgan fingerprint density at radius 3 is 3.00 bits per heavy atom. The quantitative estimate of drug-likeness (QED) is 0.805. The summed E-state index contributed by atoms with van der Waals surface area (Å²) in [6.45, 7) is 3.43. The van der Waals surface area contributed by atoms with Gasteiger partial charge in [-0.15, -0.1) is 0 Å². The molecule has 1 fully saturated rings. The van der Waals surface area contributed by atoms with Crippen LogP contribution < -0.4 is 5.73 Å². The second kappa shape index (κ2) is 4.10. The summed E-state index contributed by atoms with van der Waals surface area (Å²) in [5, 5.41) is 4.19. The Bertz CT molecular complexity index is 581. The monoisotopic (exact) mass is 244 g/mol. The van der Waals surface area contributed by atoms with Crippen LogP contribution in [-0.4, -0.2) is 39.6 Å². The van der Waals surface area contributed by atoms with Gasteiger partial charge in [-0.25, -0.2) is 4.52 Å². The molecule has 94 valence electrons. The minimum atomic E-state index is 0.0241. The van der Waals surface area contributed by atoms with Gasteiger partial charge in [-0.1, -0.05) is 13.0 Å². The zero-order chi connectivity index (χ0) is 12.7. The third-order valence-electron chi connectivity index (χ3n) is 3.61. The summed E-state index contributed by atoms with van der Waals surface area (Å²) in [7, 11) is 0. The Balaban J connectivity index is 1.93. The smallest absolute Gasteiger partial charge is 0.257 e. The number of fused-ring (bicyclic) bond motifs is 1. The first-order valence-electron chi connectivity index (χ1n) is 6.14. The molecular weight excluding hydrogens is 228 g/mol. The normalized spacial score (nSPS) is 23.8. The molecule has 3 rings (SSSR count). The molecule has 2 N–H and O–H groups in total. The van der Waals surface area contributed by atoms with Crippen molar-refractivity contribution in [3.8, 4) is 0 Å². The van der Waals surface area contributed by atoms with E-state index >= 15 is 0 Å². The molecule has 1 amide bonds. The van der Waals surface area contributed by atoms with Crippen molar-refractivity contribution in [2.24, 2.45) is 11.7 Å². The van der Waals surface area contributed by atoms with Crippen molar-refractivity contribution in [2.75, 3.05) is 13.1 Å². The average Bonchev–Trinajstić information content (AvgIpc) is 2.93. The van der Waals surface area contributed by atoms with Gasteiger partial charge in [-0.2, -0.15) is 5.10 Å². The van der Waals surface area contributed by atoms with Crippen LogP contribution >= 0.6 is 0 Å². The van der Waals surface area contributed by atoms with Crippen molar-refractivity contribution in [1.29, 1.82) is 0 Å². The average molecular weight is 244 g/mol. The van der Waals surface area contributed by atoms with E-state index in [0.717, 1.165) is 12.1 Å². The Labute approximate surface area is 105 Å². The van der Waals surface area contributed by atoms with Crippen LogP contribution in [0.1, 0.15) is 17.3 Å². The summed E-state index contributed by atoms with van der Waals surface area (Å²) in [5.41, 5.74) is 7.45. The van der Waals surface area contributed by atoms with Crippen molar-refractivity contribution in [1.82, 2.24) is 14.5 Å². The van der Waals surface area contributed by atoms with E-state index in [1.165, 1.54) is 0 Å². The van der Waals surface area contributed by atoms with Crippen molar-refractivity contribution in [2.45, 2.75) is 13.0 Å². The zero-order valence-electron chi connectivity index (χ0n) is 10.3. The van der Waals surface area contributed by atoms with Gasteiger partial charge >= 0.3 is 0 Å². The molecule has 2 unspecified atom stereocenters. The zero-order valence-corrected chi connectivity index (χ0v) is 10.3. The van der Waals surface area contributed by atoms with E-state index in [0.29, 0.717) is 18.0 Å². The van der Waals surface area contributed by atoms with Crippen molar-refractivity contribution < 1.29 is 4.79 Å². The highest BCUT2D eigenvalue weighted by Gasteiger charge is 2.31. The molecule has 0 aromatic carbocycles. The molecule has 2 aromatic rings. The van der Waals surface area contributed by atoms with Crippen LogP contribution in [0.15, 0.2) is 30.6 Å². The molecule has 5 heteroatoms. The molecule has 1 saturated heterocycles. The van der Waals surface area contributed by atoms with Crippen LogP contribution in [0.25, 0.3) is 5.52 Å². The third kappa shape index (κ3) is 1.67. The van der Waals surface area contributed by atoms with Crippen molar-refractivity contribution >= 4 is 11.4 Å². The van der Waals surface area contributed by atoms with Crippen LogP contribution in [0.2, 0.25) is 0 Å². The van der Waals surface area contributed by atoms with Crippen LogP contribution in [0, 0.1) is 5.92 Å². The van der Waals surface area contributed by atoms with Gasteiger partial charge in [0.2, 0.25) is 0 Å². The highest BCUT2D eigenvalue weighted by atomic mass is 16.2. The molecule has 3 heterocycles. The number of hydrogen-bond donors (Lipinski definition) is 1. The summed E-state index contributed by atoms with van der Waals surface area (Å²) in [5.74, 6) is 0.381. The van der Waals surface area contributed by atoms with E-state index in [9.17, 15) is 4.79 Å². The number of likely N-dealkylation sites (tertiary alicyclic amines) is 1. The van der Waals surface area contributed by atoms with E-state index in [1.54, 1.807) is 10.7 Å². The van der Waals surface area contributed by atoms with Crippen molar-refractivity contribution in [3.63, 3.8) is 0 Å². The molecule has 1 aliphatic rings. The second-order valence-corrected chi connectivity index (χ2v) is 4.94. The molecule has 0 aliphatic carbocycles. The summed E-state index contributed by atoms with van der Waals surface area (Å²) >= 11 is 0. The number of rotatable bonds is 1. The summed E-state index contributed by atoms with van der Waals surface area (Å²) in [6, 6.07) is 5.78. The molecule has 18 heavy (non-hydrogen) atoms. The van der Waals surface area contributed by atoms with E-state index in [2.05, 4.69) is 12.0 Å². The Hall–Kier alpha value is -1.88. The van der Waals surface area contributed by atoms with Crippen LogP contribution in [0.4, 0.5) is 0 Å². The van der Waals surface area contributed by atoms with Gasteiger partial charge in [0.25, 0.3) is 5.91 Å². The molecule has 2 aromatic heterocycles. The van der Waals surface area contributed by atoms with E-state index in [1.807, 2.05) is 29.3 Å². The number of carbonyl (C=O) groups is 1. The Kier molecular flexibility index (Phi) is 2.56.